The molecule has 0 heterocycles. The van der Waals surface area contributed by atoms with Gasteiger partial charge >= 0.3 is 0 Å². The van der Waals surface area contributed by atoms with Gasteiger partial charge in [-0.2, -0.15) is 0 Å². The molecule has 0 amide bonds. The van der Waals surface area contributed by atoms with Gasteiger partial charge < -0.3 is 0 Å². The number of rotatable bonds is 7. The molecule has 4 aromatic rings. The lowest BCUT2D eigenvalue weighted by Crippen LogP contribution is -2.35. The van der Waals surface area contributed by atoms with Gasteiger partial charge in [0.2, 0.25) is 0 Å². The van der Waals surface area contributed by atoms with E-state index in [0.717, 1.165) is 12.6 Å². The quantitative estimate of drug-likeness (QED) is 0.312. The average molecular weight is 410 g/mol. The Morgan fingerprint density at radius 1 is 0.500 bits per heavy atom. The fourth-order valence-corrected chi connectivity index (χ4v) is 8.97. The van der Waals surface area contributed by atoms with Gasteiger partial charge in [-0.3, -0.25) is 0 Å². The van der Waals surface area contributed by atoms with E-state index in [4.69, 9.17) is 0 Å². The van der Waals surface area contributed by atoms with Crippen LogP contribution >= 0.6 is 7.26 Å². The van der Waals surface area contributed by atoms with Crippen molar-refractivity contribution in [3.63, 3.8) is 0 Å². The molecule has 0 saturated heterocycles. The molecular formula is C29H30P+. The van der Waals surface area contributed by atoms with Crippen molar-refractivity contribution in [2.45, 2.75) is 25.7 Å². The van der Waals surface area contributed by atoms with E-state index in [1.807, 2.05) is 0 Å². The molecule has 0 N–H and O–H groups in total. The number of benzene rings is 4. The van der Waals surface area contributed by atoms with Crippen LogP contribution in [0.2, 0.25) is 0 Å². The highest BCUT2D eigenvalue weighted by Gasteiger charge is 2.46. The fraction of sp³-hybridized carbons (Fsp3) is 0.172. The van der Waals surface area contributed by atoms with Crippen LogP contribution in [0, 0.1) is 0 Å². The molecule has 0 unspecified atom stereocenters. The van der Waals surface area contributed by atoms with Crippen LogP contribution in [-0.2, 0) is 5.41 Å². The highest BCUT2D eigenvalue weighted by Crippen LogP contribution is 2.57. The first-order valence-corrected chi connectivity index (χ1v) is 12.7. The topological polar surface area (TPSA) is 0 Å². The van der Waals surface area contributed by atoms with Gasteiger partial charge in [0.1, 0.15) is 23.2 Å². The summed E-state index contributed by atoms with van der Waals surface area (Å²) >= 11 is 0. The SMILES string of the molecule is CC(C)(CC[P+](c1ccccc1)(c1ccccc1)c1ccccc1)c1ccccc1. The molecule has 30 heavy (non-hydrogen) atoms. The Hall–Kier alpha value is -2.69. The third-order valence-electron chi connectivity index (χ3n) is 6.22. The van der Waals surface area contributed by atoms with Gasteiger partial charge in [0, 0.05) is 0 Å². The van der Waals surface area contributed by atoms with Crippen molar-refractivity contribution in [1.82, 2.24) is 0 Å². The minimum Gasteiger partial charge on any atom is -0.0622 e. The molecular weight excluding hydrogens is 379 g/mol. The Bertz CT molecular complexity index is 942. The van der Waals surface area contributed by atoms with E-state index >= 15 is 0 Å². The second-order valence-corrected chi connectivity index (χ2v) is 12.2. The molecule has 150 valence electrons. The maximum atomic E-state index is 2.39. The summed E-state index contributed by atoms with van der Waals surface area (Å²) in [4.78, 5) is 0. The second-order valence-electron chi connectivity index (χ2n) is 8.54. The summed E-state index contributed by atoms with van der Waals surface area (Å²) in [5.41, 5.74) is 1.53. The third-order valence-corrected chi connectivity index (χ3v) is 10.7. The van der Waals surface area contributed by atoms with Crippen molar-refractivity contribution in [2.24, 2.45) is 0 Å². The van der Waals surface area contributed by atoms with Gasteiger partial charge in [0.15, 0.2) is 0 Å². The first-order chi connectivity index (χ1) is 14.6. The molecule has 0 atom stereocenters. The summed E-state index contributed by atoms with van der Waals surface area (Å²) in [5, 5.41) is 4.39. The number of hydrogen-bond donors (Lipinski definition) is 0. The summed E-state index contributed by atoms with van der Waals surface area (Å²) in [6.45, 7) is 4.77. The molecule has 0 nitrogen and oxygen atoms in total. The highest BCUT2D eigenvalue weighted by molar-refractivity contribution is 7.95. The van der Waals surface area contributed by atoms with E-state index in [9.17, 15) is 0 Å². The summed E-state index contributed by atoms with van der Waals surface area (Å²) in [5.74, 6) is 0. The lowest BCUT2D eigenvalue weighted by Gasteiger charge is -2.32. The van der Waals surface area contributed by atoms with Crippen molar-refractivity contribution in [3.8, 4) is 0 Å². The van der Waals surface area contributed by atoms with Crippen molar-refractivity contribution in [1.29, 1.82) is 0 Å². The Morgan fingerprint density at radius 3 is 1.20 bits per heavy atom. The zero-order valence-corrected chi connectivity index (χ0v) is 18.8. The molecule has 0 bridgehead atoms. The van der Waals surface area contributed by atoms with E-state index in [1.54, 1.807) is 0 Å². The van der Waals surface area contributed by atoms with E-state index < -0.39 is 7.26 Å². The van der Waals surface area contributed by atoms with Gasteiger partial charge in [-0.05, 0) is 53.8 Å². The van der Waals surface area contributed by atoms with E-state index in [1.165, 1.54) is 21.5 Å². The minimum atomic E-state index is -1.77. The lowest BCUT2D eigenvalue weighted by molar-refractivity contribution is 0.509. The van der Waals surface area contributed by atoms with Crippen LogP contribution in [0.3, 0.4) is 0 Å². The molecule has 4 aromatic carbocycles. The first kappa shape index (κ1) is 20.6. The molecule has 1 heteroatoms. The van der Waals surface area contributed by atoms with Crippen LogP contribution in [0.25, 0.3) is 0 Å². The molecule has 0 radical (unpaired) electrons. The molecule has 0 fully saturated rings. The lowest BCUT2D eigenvalue weighted by atomic mass is 9.82. The smallest absolute Gasteiger partial charge is 0.0622 e. The van der Waals surface area contributed by atoms with Gasteiger partial charge in [0.25, 0.3) is 0 Å². The molecule has 0 aromatic heterocycles. The molecule has 0 aliphatic carbocycles. The predicted molar refractivity (Wildman–Crippen MR) is 134 cm³/mol. The van der Waals surface area contributed by atoms with Crippen LogP contribution in [0.5, 0.6) is 0 Å². The van der Waals surface area contributed by atoms with E-state index in [0.29, 0.717) is 0 Å². The fourth-order valence-electron chi connectivity index (χ4n) is 4.36. The molecule has 0 aliphatic heterocycles. The number of hydrogen-bond acceptors (Lipinski definition) is 0. The van der Waals surface area contributed by atoms with E-state index in [-0.39, 0.29) is 5.41 Å². The van der Waals surface area contributed by atoms with Crippen LogP contribution in [0.15, 0.2) is 121 Å². The van der Waals surface area contributed by atoms with Crippen molar-refractivity contribution >= 4 is 23.2 Å². The monoisotopic (exact) mass is 409 g/mol. The summed E-state index contributed by atoms with van der Waals surface area (Å²) in [7, 11) is -1.77. The largest absolute Gasteiger partial charge is 0.112 e. The Balaban J connectivity index is 1.85. The third kappa shape index (κ3) is 4.11. The minimum absolute atomic E-state index is 0.116. The normalized spacial score (nSPS) is 11.9. The molecule has 0 spiro atoms. The summed E-state index contributed by atoms with van der Waals surface area (Å²) < 4.78 is 0. The van der Waals surface area contributed by atoms with Gasteiger partial charge in [-0.15, -0.1) is 0 Å². The predicted octanol–water partition coefficient (Wildman–Crippen LogP) is 6.35. The van der Waals surface area contributed by atoms with Gasteiger partial charge in [-0.25, -0.2) is 0 Å². The van der Waals surface area contributed by atoms with Crippen molar-refractivity contribution in [3.05, 3.63) is 127 Å². The van der Waals surface area contributed by atoms with Crippen LogP contribution in [0.4, 0.5) is 0 Å². The summed E-state index contributed by atoms with van der Waals surface area (Å²) in [6.07, 6.45) is 2.27. The maximum Gasteiger partial charge on any atom is 0.112 e. The highest BCUT2D eigenvalue weighted by atomic mass is 31.2. The van der Waals surface area contributed by atoms with Gasteiger partial charge in [0.05, 0.1) is 6.16 Å². The van der Waals surface area contributed by atoms with Crippen LogP contribution in [-0.4, -0.2) is 6.16 Å². The van der Waals surface area contributed by atoms with Crippen molar-refractivity contribution in [2.75, 3.05) is 6.16 Å². The van der Waals surface area contributed by atoms with Crippen LogP contribution < -0.4 is 15.9 Å². The zero-order chi connectivity index (χ0) is 20.9. The summed E-state index contributed by atoms with van der Waals surface area (Å²) in [6, 6.07) is 44.5. The molecule has 0 saturated carbocycles. The van der Waals surface area contributed by atoms with Crippen molar-refractivity contribution < 1.29 is 0 Å². The average Bonchev–Trinajstić information content (AvgIpc) is 2.82. The molecule has 4 rings (SSSR count). The molecule has 0 aliphatic rings. The first-order valence-electron chi connectivity index (χ1n) is 10.7. The Labute approximate surface area is 182 Å². The van der Waals surface area contributed by atoms with Gasteiger partial charge in [-0.1, -0.05) is 98.8 Å². The zero-order valence-electron chi connectivity index (χ0n) is 17.9. The maximum absolute atomic E-state index is 2.39. The standard InChI is InChI=1S/C29H30P/c1-29(2,25-15-7-3-8-16-25)23-24-30(26-17-9-4-10-18-26,27-19-11-5-12-20-27)28-21-13-6-14-22-28/h3-22H,23-24H2,1-2H3/q+1. The van der Waals surface area contributed by atoms with E-state index in [2.05, 4.69) is 135 Å². The Morgan fingerprint density at radius 2 is 0.833 bits per heavy atom. The Kier molecular flexibility index (Phi) is 6.16. The second kappa shape index (κ2) is 8.99. The van der Waals surface area contributed by atoms with Crippen LogP contribution in [0.1, 0.15) is 25.8 Å².